The highest BCUT2D eigenvalue weighted by atomic mass is 35.5. The van der Waals surface area contributed by atoms with Gasteiger partial charge in [0.1, 0.15) is 0 Å². The van der Waals surface area contributed by atoms with Crippen molar-refractivity contribution >= 4 is 52.0 Å². The molecule has 1 fully saturated rings. The van der Waals surface area contributed by atoms with E-state index in [9.17, 15) is 29.8 Å². The van der Waals surface area contributed by atoms with Crippen molar-refractivity contribution in [1.29, 1.82) is 0 Å². The molecular weight excluding hydrogens is 538 g/mol. The second-order valence-corrected chi connectivity index (χ2v) is 9.23. The number of amides is 2. The van der Waals surface area contributed by atoms with Gasteiger partial charge in [-0.05, 0) is 66.2 Å². The highest BCUT2D eigenvalue weighted by Crippen LogP contribution is 2.40. The van der Waals surface area contributed by atoms with Crippen LogP contribution in [0.25, 0.3) is 6.08 Å². The van der Waals surface area contributed by atoms with E-state index < -0.39 is 32.4 Å². The van der Waals surface area contributed by atoms with Gasteiger partial charge in [0.2, 0.25) is 5.75 Å². The molecule has 0 radical (unpaired) electrons. The number of nitro groups is 2. The molecule has 38 heavy (non-hydrogen) atoms. The van der Waals surface area contributed by atoms with Gasteiger partial charge in [0, 0.05) is 11.1 Å². The maximum Gasteiger partial charge on any atom is 0.318 e. The number of carbonyl (C=O) groups is 2. The maximum atomic E-state index is 12.9. The lowest BCUT2D eigenvalue weighted by Crippen LogP contribution is -2.27. The lowest BCUT2D eigenvalue weighted by atomic mass is 10.1. The van der Waals surface area contributed by atoms with E-state index in [0.29, 0.717) is 10.6 Å². The number of nitrogens with zero attached hydrogens (tertiary/aromatic N) is 3. The summed E-state index contributed by atoms with van der Waals surface area (Å²) in [5.74, 6) is -0.321. The van der Waals surface area contributed by atoms with Crippen LogP contribution < -0.4 is 9.47 Å². The number of ether oxygens (including phenoxy) is 2. The van der Waals surface area contributed by atoms with Crippen molar-refractivity contribution in [3.63, 3.8) is 0 Å². The molecule has 11 nitrogen and oxygen atoms in total. The van der Waals surface area contributed by atoms with E-state index in [2.05, 4.69) is 0 Å². The zero-order valence-electron chi connectivity index (χ0n) is 19.7. The lowest BCUT2D eigenvalue weighted by Gasteiger charge is -2.13. The van der Waals surface area contributed by atoms with Gasteiger partial charge < -0.3 is 9.47 Å². The Labute approximate surface area is 224 Å². The van der Waals surface area contributed by atoms with E-state index >= 15 is 0 Å². The average Bonchev–Trinajstić information content (AvgIpc) is 3.14. The van der Waals surface area contributed by atoms with Crippen LogP contribution >= 0.6 is 23.4 Å². The van der Waals surface area contributed by atoms with Gasteiger partial charge in [-0.25, -0.2) is 0 Å². The molecule has 1 saturated heterocycles. The number of nitro benzene ring substituents is 2. The predicted octanol–water partition coefficient (Wildman–Crippen LogP) is 6.58. The summed E-state index contributed by atoms with van der Waals surface area (Å²) in [6.07, 6.45) is 1.54. The van der Waals surface area contributed by atoms with Gasteiger partial charge in [-0.2, -0.15) is 0 Å². The Morgan fingerprint density at radius 3 is 2.32 bits per heavy atom. The Morgan fingerprint density at radius 1 is 0.947 bits per heavy atom. The number of benzene rings is 3. The molecule has 0 N–H and O–H groups in total. The molecule has 0 atom stereocenters. The first-order valence-corrected chi connectivity index (χ1v) is 12.2. The summed E-state index contributed by atoms with van der Waals surface area (Å²) in [6, 6.07) is 14.5. The van der Waals surface area contributed by atoms with E-state index in [-0.39, 0.29) is 35.3 Å². The average molecular weight is 556 g/mol. The van der Waals surface area contributed by atoms with Crippen molar-refractivity contribution in [2.24, 2.45) is 0 Å². The Kier molecular flexibility index (Phi) is 7.93. The van der Waals surface area contributed by atoms with E-state index in [0.717, 1.165) is 40.4 Å². The highest BCUT2D eigenvalue weighted by molar-refractivity contribution is 8.18. The van der Waals surface area contributed by atoms with Crippen molar-refractivity contribution in [2.75, 3.05) is 6.61 Å². The molecule has 3 aromatic rings. The predicted molar refractivity (Wildman–Crippen MR) is 140 cm³/mol. The SMILES string of the molecule is CCOc1cc(/C=C2/SC(=O)N(Cc3ccc(Cl)cc3)C2=O)ccc1Oc1ccc([N+](=O)[O-])cc1[N+](=O)[O-]. The first-order valence-electron chi connectivity index (χ1n) is 11.0. The molecular formula is C25H18ClN3O8S. The summed E-state index contributed by atoms with van der Waals surface area (Å²) in [7, 11) is 0. The number of rotatable bonds is 9. The maximum absolute atomic E-state index is 12.9. The minimum absolute atomic E-state index is 0.101. The van der Waals surface area contributed by atoms with Crippen molar-refractivity contribution in [3.05, 3.63) is 102 Å². The fourth-order valence-electron chi connectivity index (χ4n) is 3.49. The second kappa shape index (κ2) is 11.3. The minimum Gasteiger partial charge on any atom is -0.490 e. The molecule has 0 saturated carbocycles. The first kappa shape index (κ1) is 26.6. The third-order valence-corrected chi connectivity index (χ3v) is 6.42. The molecule has 0 aromatic heterocycles. The number of imide groups is 1. The number of halogens is 1. The molecule has 13 heteroatoms. The summed E-state index contributed by atoms with van der Waals surface area (Å²) in [4.78, 5) is 47.7. The van der Waals surface area contributed by atoms with Crippen LogP contribution in [0.15, 0.2) is 65.6 Å². The third-order valence-electron chi connectivity index (χ3n) is 5.26. The van der Waals surface area contributed by atoms with Gasteiger partial charge in [0.25, 0.3) is 16.8 Å². The van der Waals surface area contributed by atoms with Crippen LogP contribution in [-0.4, -0.2) is 32.5 Å². The van der Waals surface area contributed by atoms with E-state index in [1.54, 1.807) is 43.3 Å². The van der Waals surface area contributed by atoms with Crippen LogP contribution in [0.5, 0.6) is 17.2 Å². The molecule has 0 bridgehead atoms. The van der Waals surface area contributed by atoms with Crippen molar-refractivity contribution in [1.82, 2.24) is 4.90 Å². The van der Waals surface area contributed by atoms with Crippen LogP contribution in [0, 0.1) is 20.2 Å². The van der Waals surface area contributed by atoms with Gasteiger partial charge in [0.05, 0.1) is 34.0 Å². The molecule has 1 aliphatic heterocycles. The van der Waals surface area contributed by atoms with E-state index in [1.807, 2.05) is 0 Å². The number of non-ortho nitro benzene ring substituents is 1. The molecule has 2 amide bonds. The Balaban J connectivity index is 1.59. The summed E-state index contributed by atoms with van der Waals surface area (Å²) in [6.45, 7) is 2.07. The number of thioether (sulfide) groups is 1. The van der Waals surface area contributed by atoms with Gasteiger partial charge >= 0.3 is 5.69 Å². The van der Waals surface area contributed by atoms with E-state index in [4.69, 9.17) is 21.1 Å². The van der Waals surface area contributed by atoms with Crippen LogP contribution in [0.4, 0.5) is 16.2 Å². The first-order chi connectivity index (χ1) is 18.2. The number of hydrogen-bond donors (Lipinski definition) is 0. The molecule has 1 aliphatic rings. The fraction of sp³-hybridized carbons (Fsp3) is 0.120. The lowest BCUT2D eigenvalue weighted by molar-refractivity contribution is -0.394. The number of carbonyl (C=O) groups excluding carboxylic acids is 2. The topological polar surface area (TPSA) is 142 Å². The minimum atomic E-state index is -0.781. The Hall–Kier alpha value is -4.42. The van der Waals surface area contributed by atoms with Crippen LogP contribution in [0.3, 0.4) is 0 Å². The molecule has 4 rings (SSSR count). The fourth-order valence-corrected chi connectivity index (χ4v) is 4.46. The molecule has 0 aliphatic carbocycles. The smallest absolute Gasteiger partial charge is 0.318 e. The van der Waals surface area contributed by atoms with Crippen molar-refractivity contribution in [3.8, 4) is 17.2 Å². The highest BCUT2D eigenvalue weighted by Gasteiger charge is 2.35. The standard InChI is InChI=1S/C25H18ClN3O8S/c1-2-36-22-11-16(5-9-21(22)37-20-10-8-18(28(32)33)13-19(20)29(34)35)12-23-24(30)27(25(31)38-23)14-15-3-6-17(26)7-4-15/h3-13H,2,14H2,1H3/b23-12+. The molecule has 194 valence electrons. The normalized spacial score (nSPS) is 14.2. The zero-order chi connectivity index (χ0) is 27.4. The van der Waals surface area contributed by atoms with Gasteiger partial charge in [-0.1, -0.05) is 29.8 Å². The van der Waals surface area contributed by atoms with Crippen LogP contribution in [0.1, 0.15) is 18.1 Å². The summed E-state index contributed by atoms with van der Waals surface area (Å²) >= 11 is 6.70. The summed E-state index contributed by atoms with van der Waals surface area (Å²) in [5.41, 5.74) is 0.240. The monoisotopic (exact) mass is 555 g/mol. The Morgan fingerprint density at radius 2 is 1.66 bits per heavy atom. The van der Waals surface area contributed by atoms with Crippen LogP contribution in [0.2, 0.25) is 5.02 Å². The van der Waals surface area contributed by atoms with Crippen LogP contribution in [-0.2, 0) is 11.3 Å². The molecule has 3 aromatic carbocycles. The second-order valence-electron chi connectivity index (χ2n) is 7.80. The molecule has 0 unspecified atom stereocenters. The Bertz CT molecular complexity index is 1480. The van der Waals surface area contributed by atoms with E-state index in [1.165, 1.54) is 12.1 Å². The zero-order valence-corrected chi connectivity index (χ0v) is 21.2. The van der Waals surface area contributed by atoms with Crippen molar-refractivity contribution < 1.29 is 28.9 Å². The molecule has 0 spiro atoms. The van der Waals surface area contributed by atoms with Gasteiger partial charge in [0.15, 0.2) is 11.5 Å². The molecule has 1 heterocycles. The quantitative estimate of drug-likeness (QED) is 0.162. The van der Waals surface area contributed by atoms with Gasteiger partial charge in [-0.15, -0.1) is 0 Å². The van der Waals surface area contributed by atoms with Crippen molar-refractivity contribution in [2.45, 2.75) is 13.5 Å². The largest absolute Gasteiger partial charge is 0.490 e. The summed E-state index contributed by atoms with van der Waals surface area (Å²) < 4.78 is 11.3. The third kappa shape index (κ3) is 5.93. The van der Waals surface area contributed by atoms with Gasteiger partial charge in [-0.3, -0.25) is 34.7 Å². The summed E-state index contributed by atoms with van der Waals surface area (Å²) in [5, 5.41) is 22.6. The number of hydrogen-bond acceptors (Lipinski definition) is 9.